The molecule has 1 atom stereocenters. The number of nitrogens with one attached hydrogen (secondary N) is 1. The third kappa shape index (κ3) is 3.93. The number of nitrogens with zero attached hydrogens (tertiary/aromatic N) is 1. The minimum absolute atomic E-state index is 0.585. The summed E-state index contributed by atoms with van der Waals surface area (Å²) in [5.74, 6) is 1.75. The third-order valence-electron chi connectivity index (χ3n) is 3.36. The average molecular weight is 341 g/mol. The number of hydrogen-bond donors (Lipinski definition) is 1. The van der Waals surface area contributed by atoms with Crippen LogP contribution in [0.5, 0.6) is 0 Å². The molecule has 0 aliphatic heterocycles. The molecular weight excluding hydrogens is 320 g/mol. The Hall–Kier alpha value is -0.610. The van der Waals surface area contributed by atoms with E-state index in [0.717, 1.165) is 15.3 Å². The monoisotopic (exact) mass is 340 g/mol. The highest BCUT2D eigenvalue weighted by Gasteiger charge is 2.15. The van der Waals surface area contributed by atoms with Crippen molar-refractivity contribution in [2.75, 3.05) is 0 Å². The van der Waals surface area contributed by atoms with E-state index >= 15 is 0 Å². The van der Waals surface area contributed by atoms with Crippen LogP contribution in [0.3, 0.4) is 0 Å². The minimum atomic E-state index is 0.585. The molecule has 4 heteroatoms. The lowest BCUT2D eigenvalue weighted by Crippen LogP contribution is -2.01. The molecule has 0 fully saturated rings. The molecule has 0 radical (unpaired) electrons. The number of H-pyrrole nitrogens is 1. The maximum Gasteiger partial charge on any atom is 0.109 e. The van der Waals surface area contributed by atoms with Gasteiger partial charge in [-0.05, 0) is 40.9 Å². The van der Waals surface area contributed by atoms with Crippen molar-refractivity contribution in [1.82, 2.24) is 9.97 Å². The van der Waals surface area contributed by atoms with Crippen LogP contribution in [0.25, 0.3) is 10.6 Å². The summed E-state index contributed by atoms with van der Waals surface area (Å²) in [6.07, 6.45) is 8.20. The van der Waals surface area contributed by atoms with Gasteiger partial charge in [-0.3, -0.25) is 0 Å². The molecule has 0 spiro atoms. The Morgan fingerprint density at radius 3 is 2.74 bits per heavy atom. The molecule has 2 rings (SSSR count). The van der Waals surface area contributed by atoms with Gasteiger partial charge < -0.3 is 4.98 Å². The summed E-state index contributed by atoms with van der Waals surface area (Å²) in [4.78, 5) is 9.37. The second-order valence-corrected chi connectivity index (χ2v) is 7.38. The molecule has 0 saturated heterocycles. The van der Waals surface area contributed by atoms with Crippen molar-refractivity contribution in [2.24, 2.45) is 0 Å². The van der Waals surface area contributed by atoms with Crippen LogP contribution in [0.2, 0.25) is 0 Å². The normalized spacial score (nSPS) is 12.8. The van der Waals surface area contributed by atoms with E-state index in [4.69, 9.17) is 0 Å². The molecule has 1 unspecified atom stereocenters. The standard InChI is InChI=1S/C15H21BrN2S/c1-3-5-7-11(6-4-2)15-17-10-12(18-15)13-8-9-14(16)19-13/h8-11H,3-7H2,1-2H3,(H,17,18). The SMILES string of the molecule is CCCCC(CCC)c1ncc(-c2ccc(Br)s2)[nH]1. The van der Waals surface area contributed by atoms with E-state index in [0.29, 0.717) is 5.92 Å². The number of aromatic amines is 1. The van der Waals surface area contributed by atoms with E-state index in [-0.39, 0.29) is 0 Å². The topological polar surface area (TPSA) is 28.7 Å². The van der Waals surface area contributed by atoms with Gasteiger partial charge in [0, 0.05) is 5.92 Å². The van der Waals surface area contributed by atoms with Crippen LogP contribution in [0.1, 0.15) is 57.7 Å². The molecule has 0 saturated carbocycles. The zero-order chi connectivity index (χ0) is 13.7. The zero-order valence-electron chi connectivity index (χ0n) is 11.6. The Labute approximate surface area is 127 Å². The van der Waals surface area contributed by atoms with Crippen LogP contribution >= 0.6 is 27.3 Å². The van der Waals surface area contributed by atoms with Gasteiger partial charge in [-0.1, -0.05) is 33.1 Å². The summed E-state index contributed by atoms with van der Waals surface area (Å²) in [5, 5.41) is 0. The van der Waals surface area contributed by atoms with E-state index < -0.39 is 0 Å². The first kappa shape index (κ1) is 14.8. The molecule has 1 N–H and O–H groups in total. The van der Waals surface area contributed by atoms with Crippen molar-refractivity contribution in [3.05, 3.63) is 27.9 Å². The Balaban J connectivity index is 2.13. The smallest absolute Gasteiger partial charge is 0.109 e. The lowest BCUT2D eigenvalue weighted by atomic mass is 9.96. The minimum Gasteiger partial charge on any atom is -0.341 e. The molecule has 19 heavy (non-hydrogen) atoms. The van der Waals surface area contributed by atoms with Crippen molar-refractivity contribution >= 4 is 27.3 Å². The molecule has 0 aliphatic carbocycles. The summed E-state index contributed by atoms with van der Waals surface area (Å²) in [5.41, 5.74) is 1.14. The Morgan fingerprint density at radius 2 is 2.11 bits per heavy atom. The van der Waals surface area contributed by atoms with Gasteiger partial charge in [0.05, 0.1) is 20.6 Å². The first-order chi connectivity index (χ1) is 9.24. The van der Waals surface area contributed by atoms with E-state index in [2.05, 4.69) is 51.9 Å². The number of thiophene rings is 1. The number of rotatable bonds is 7. The summed E-state index contributed by atoms with van der Waals surface area (Å²) in [6, 6.07) is 4.22. The van der Waals surface area contributed by atoms with Gasteiger partial charge in [-0.25, -0.2) is 4.98 Å². The predicted molar refractivity (Wildman–Crippen MR) is 86.8 cm³/mol. The van der Waals surface area contributed by atoms with Crippen LogP contribution in [0.15, 0.2) is 22.1 Å². The average Bonchev–Trinajstić information content (AvgIpc) is 3.03. The molecule has 2 nitrogen and oxygen atoms in total. The van der Waals surface area contributed by atoms with E-state index in [1.807, 2.05) is 6.20 Å². The van der Waals surface area contributed by atoms with Crippen molar-refractivity contribution < 1.29 is 0 Å². The highest BCUT2D eigenvalue weighted by atomic mass is 79.9. The molecule has 2 heterocycles. The van der Waals surface area contributed by atoms with Crippen LogP contribution in [0, 0.1) is 0 Å². The molecule has 2 aromatic heterocycles. The van der Waals surface area contributed by atoms with E-state index in [9.17, 15) is 0 Å². The summed E-state index contributed by atoms with van der Waals surface area (Å²) >= 11 is 5.25. The van der Waals surface area contributed by atoms with Crippen molar-refractivity contribution in [1.29, 1.82) is 0 Å². The molecular formula is C15H21BrN2S. The molecule has 0 aromatic carbocycles. The molecule has 0 aliphatic rings. The summed E-state index contributed by atoms with van der Waals surface area (Å²) in [7, 11) is 0. The van der Waals surface area contributed by atoms with Crippen molar-refractivity contribution in [2.45, 2.75) is 51.9 Å². The highest BCUT2D eigenvalue weighted by molar-refractivity contribution is 9.11. The fourth-order valence-corrected chi connectivity index (χ4v) is 3.70. The summed E-state index contributed by atoms with van der Waals surface area (Å²) in [6.45, 7) is 4.50. The lowest BCUT2D eigenvalue weighted by Gasteiger charge is -2.12. The largest absolute Gasteiger partial charge is 0.341 e. The van der Waals surface area contributed by atoms with Gasteiger partial charge in [0.15, 0.2) is 0 Å². The molecule has 0 amide bonds. The second-order valence-electron chi connectivity index (χ2n) is 4.91. The molecule has 2 aromatic rings. The fraction of sp³-hybridized carbons (Fsp3) is 0.533. The Kier molecular flexibility index (Phi) is 5.64. The Bertz CT molecular complexity index is 504. The molecule has 104 valence electrons. The van der Waals surface area contributed by atoms with Gasteiger partial charge in [0.2, 0.25) is 0 Å². The van der Waals surface area contributed by atoms with Gasteiger partial charge in [-0.2, -0.15) is 0 Å². The predicted octanol–water partition coefficient (Wildman–Crippen LogP) is 5.97. The second kappa shape index (κ2) is 7.25. The first-order valence-electron chi connectivity index (χ1n) is 7.05. The fourth-order valence-electron chi connectivity index (χ4n) is 2.35. The number of hydrogen-bond acceptors (Lipinski definition) is 2. The van der Waals surface area contributed by atoms with E-state index in [1.54, 1.807) is 11.3 Å². The number of halogens is 1. The summed E-state index contributed by atoms with van der Waals surface area (Å²) < 4.78 is 1.16. The van der Waals surface area contributed by atoms with E-state index in [1.165, 1.54) is 37.0 Å². The maximum atomic E-state index is 4.61. The molecule has 0 bridgehead atoms. The van der Waals surface area contributed by atoms with Crippen LogP contribution in [-0.4, -0.2) is 9.97 Å². The van der Waals surface area contributed by atoms with Crippen LogP contribution in [-0.2, 0) is 0 Å². The van der Waals surface area contributed by atoms with Gasteiger partial charge >= 0.3 is 0 Å². The number of unbranched alkanes of at least 4 members (excludes halogenated alkanes) is 1. The van der Waals surface area contributed by atoms with Crippen LogP contribution in [0.4, 0.5) is 0 Å². The zero-order valence-corrected chi connectivity index (χ0v) is 14.0. The van der Waals surface area contributed by atoms with Crippen LogP contribution < -0.4 is 0 Å². The van der Waals surface area contributed by atoms with Crippen molar-refractivity contribution in [3.8, 4) is 10.6 Å². The first-order valence-corrected chi connectivity index (χ1v) is 8.66. The van der Waals surface area contributed by atoms with Gasteiger partial charge in [0.1, 0.15) is 5.82 Å². The lowest BCUT2D eigenvalue weighted by molar-refractivity contribution is 0.521. The van der Waals surface area contributed by atoms with Gasteiger partial charge in [-0.15, -0.1) is 11.3 Å². The third-order valence-corrected chi connectivity index (χ3v) is 5.02. The van der Waals surface area contributed by atoms with Gasteiger partial charge in [0.25, 0.3) is 0 Å². The maximum absolute atomic E-state index is 4.61. The highest BCUT2D eigenvalue weighted by Crippen LogP contribution is 2.32. The van der Waals surface area contributed by atoms with Crippen molar-refractivity contribution in [3.63, 3.8) is 0 Å². The number of aromatic nitrogens is 2. The number of imidazole rings is 1. The quantitative estimate of drug-likeness (QED) is 0.660. The Morgan fingerprint density at radius 1 is 1.26 bits per heavy atom.